The van der Waals surface area contributed by atoms with E-state index in [-0.39, 0.29) is 0 Å². The Labute approximate surface area is 65.3 Å². The van der Waals surface area contributed by atoms with Crippen molar-refractivity contribution in [1.82, 2.24) is 0 Å². The maximum absolute atomic E-state index is 3.84. The quantitative estimate of drug-likeness (QED) is 0.524. The van der Waals surface area contributed by atoms with Crippen LogP contribution in [0.15, 0.2) is 12.7 Å². The topological polar surface area (TPSA) is 0 Å². The van der Waals surface area contributed by atoms with Crippen LogP contribution in [0.2, 0.25) is 0 Å². The first-order chi connectivity index (χ1) is 4.63. The second-order valence-electron chi connectivity index (χ2n) is 3.41. The zero-order valence-corrected chi connectivity index (χ0v) is 7.72. The molecule has 0 nitrogen and oxygen atoms in total. The average Bonchev–Trinajstić information content (AvgIpc) is 1.90. The minimum Gasteiger partial charge on any atom is -0.103 e. The van der Waals surface area contributed by atoms with Crippen molar-refractivity contribution in [2.24, 2.45) is 17.8 Å². The maximum Gasteiger partial charge on any atom is -0.0211 e. The van der Waals surface area contributed by atoms with Crippen LogP contribution in [0.1, 0.15) is 34.1 Å². The average molecular weight is 140 g/mol. The summed E-state index contributed by atoms with van der Waals surface area (Å²) in [6.07, 6.45) is 3.31. The Kier molecular flexibility index (Phi) is 4.42. The van der Waals surface area contributed by atoms with Crippen molar-refractivity contribution in [2.45, 2.75) is 34.1 Å². The molecule has 10 heavy (non-hydrogen) atoms. The number of rotatable bonds is 4. The molecule has 0 aromatic rings. The molecule has 0 saturated carbocycles. The molecule has 0 N–H and O–H groups in total. The molecule has 0 rings (SSSR count). The van der Waals surface area contributed by atoms with Gasteiger partial charge in [-0.1, -0.05) is 33.8 Å². The summed E-state index contributed by atoms with van der Waals surface area (Å²) in [4.78, 5) is 0. The summed E-state index contributed by atoms with van der Waals surface area (Å²) in [5.74, 6) is 2.27. The van der Waals surface area contributed by atoms with E-state index in [4.69, 9.17) is 0 Å². The van der Waals surface area contributed by atoms with Gasteiger partial charge >= 0.3 is 0 Å². The largest absolute Gasteiger partial charge is 0.103 e. The number of hydrogen-bond donors (Lipinski definition) is 0. The number of allylic oxidation sites excluding steroid dienone is 1. The highest BCUT2D eigenvalue weighted by atomic mass is 14.2. The molecule has 2 atom stereocenters. The van der Waals surface area contributed by atoms with E-state index in [1.807, 2.05) is 0 Å². The lowest BCUT2D eigenvalue weighted by atomic mass is 9.83. The van der Waals surface area contributed by atoms with Crippen molar-refractivity contribution in [3.8, 4) is 0 Å². The molecule has 60 valence electrons. The molecule has 0 aromatic heterocycles. The third-order valence-electron chi connectivity index (χ3n) is 2.50. The molecule has 0 aliphatic rings. The van der Waals surface area contributed by atoms with Gasteiger partial charge in [0, 0.05) is 0 Å². The molecule has 0 heterocycles. The summed E-state index contributed by atoms with van der Waals surface area (Å²) in [6.45, 7) is 12.9. The smallest absolute Gasteiger partial charge is 0.0211 e. The van der Waals surface area contributed by atoms with Crippen LogP contribution < -0.4 is 0 Å². The van der Waals surface area contributed by atoms with E-state index in [2.05, 4.69) is 40.3 Å². The van der Waals surface area contributed by atoms with Gasteiger partial charge in [-0.2, -0.15) is 0 Å². The highest BCUT2D eigenvalue weighted by molar-refractivity contribution is 4.82. The van der Waals surface area contributed by atoms with Gasteiger partial charge in [0.1, 0.15) is 0 Å². The Bertz CT molecular complexity index is 92.2. The van der Waals surface area contributed by atoms with E-state index in [1.165, 1.54) is 6.42 Å². The third kappa shape index (κ3) is 2.55. The molecule has 0 saturated heterocycles. The van der Waals surface area contributed by atoms with E-state index >= 15 is 0 Å². The Morgan fingerprint density at radius 2 is 1.80 bits per heavy atom. The highest BCUT2D eigenvalue weighted by Gasteiger charge is 2.14. The fraction of sp³-hybridized carbons (Fsp3) is 0.800. The molecule has 0 spiro atoms. The molecule has 0 aromatic carbocycles. The van der Waals surface area contributed by atoms with Crippen molar-refractivity contribution in [2.75, 3.05) is 0 Å². The van der Waals surface area contributed by atoms with Gasteiger partial charge in [-0.15, -0.1) is 6.58 Å². The molecule has 0 aliphatic heterocycles. The summed E-state index contributed by atoms with van der Waals surface area (Å²) in [5.41, 5.74) is 0. The molecule has 0 radical (unpaired) electrons. The molecular formula is C10H20. The SMILES string of the molecule is C=CC(CC)C(C)C(C)C. The van der Waals surface area contributed by atoms with E-state index in [1.54, 1.807) is 0 Å². The lowest BCUT2D eigenvalue weighted by molar-refractivity contribution is 0.318. The van der Waals surface area contributed by atoms with Gasteiger partial charge in [0.2, 0.25) is 0 Å². The summed E-state index contributed by atoms with van der Waals surface area (Å²) in [5, 5.41) is 0. The van der Waals surface area contributed by atoms with Gasteiger partial charge in [0.25, 0.3) is 0 Å². The van der Waals surface area contributed by atoms with Crippen LogP contribution in [0.5, 0.6) is 0 Å². The van der Waals surface area contributed by atoms with Crippen LogP contribution in [-0.4, -0.2) is 0 Å². The van der Waals surface area contributed by atoms with E-state index in [9.17, 15) is 0 Å². The van der Waals surface area contributed by atoms with Crippen LogP contribution in [-0.2, 0) is 0 Å². The van der Waals surface area contributed by atoms with Gasteiger partial charge in [-0.25, -0.2) is 0 Å². The third-order valence-corrected chi connectivity index (χ3v) is 2.50. The molecule has 2 unspecified atom stereocenters. The van der Waals surface area contributed by atoms with Gasteiger partial charge in [-0.05, 0) is 24.2 Å². The fourth-order valence-corrected chi connectivity index (χ4v) is 1.25. The van der Waals surface area contributed by atoms with Crippen LogP contribution in [0.4, 0.5) is 0 Å². The van der Waals surface area contributed by atoms with Crippen molar-refractivity contribution in [3.05, 3.63) is 12.7 Å². The summed E-state index contributed by atoms with van der Waals surface area (Å²) >= 11 is 0. The van der Waals surface area contributed by atoms with E-state index in [0.717, 1.165) is 11.8 Å². The van der Waals surface area contributed by atoms with E-state index in [0.29, 0.717) is 5.92 Å². The molecule has 0 aliphatic carbocycles. The van der Waals surface area contributed by atoms with Crippen LogP contribution in [0.3, 0.4) is 0 Å². The molecule has 0 heteroatoms. The first-order valence-corrected chi connectivity index (χ1v) is 4.26. The monoisotopic (exact) mass is 140 g/mol. The summed E-state index contributed by atoms with van der Waals surface area (Å²) in [6, 6.07) is 0. The van der Waals surface area contributed by atoms with Gasteiger partial charge in [0.05, 0.1) is 0 Å². The second-order valence-corrected chi connectivity index (χ2v) is 3.41. The van der Waals surface area contributed by atoms with Gasteiger partial charge in [0.15, 0.2) is 0 Å². The lowest BCUT2D eigenvalue weighted by Gasteiger charge is -2.22. The van der Waals surface area contributed by atoms with Crippen LogP contribution in [0, 0.1) is 17.8 Å². The van der Waals surface area contributed by atoms with Crippen molar-refractivity contribution in [1.29, 1.82) is 0 Å². The molecule has 0 bridgehead atoms. The minimum absolute atomic E-state index is 0.708. The second kappa shape index (κ2) is 4.54. The Hall–Kier alpha value is -0.260. The zero-order chi connectivity index (χ0) is 8.15. The predicted octanol–water partition coefficient (Wildman–Crippen LogP) is 3.49. The fourth-order valence-electron chi connectivity index (χ4n) is 1.25. The Morgan fingerprint density at radius 1 is 1.30 bits per heavy atom. The molecular weight excluding hydrogens is 120 g/mol. The lowest BCUT2D eigenvalue weighted by Crippen LogP contribution is -2.13. The summed E-state index contributed by atoms with van der Waals surface area (Å²) in [7, 11) is 0. The summed E-state index contributed by atoms with van der Waals surface area (Å²) < 4.78 is 0. The van der Waals surface area contributed by atoms with Crippen LogP contribution in [0.25, 0.3) is 0 Å². The van der Waals surface area contributed by atoms with Crippen molar-refractivity contribution < 1.29 is 0 Å². The maximum atomic E-state index is 3.84. The Morgan fingerprint density at radius 3 is 1.90 bits per heavy atom. The Balaban J connectivity index is 3.87. The van der Waals surface area contributed by atoms with Crippen LogP contribution >= 0.6 is 0 Å². The zero-order valence-electron chi connectivity index (χ0n) is 7.72. The number of hydrogen-bond acceptors (Lipinski definition) is 0. The van der Waals surface area contributed by atoms with Gasteiger partial charge in [-0.3, -0.25) is 0 Å². The first kappa shape index (κ1) is 9.74. The normalized spacial score (nSPS) is 16.9. The van der Waals surface area contributed by atoms with Gasteiger partial charge < -0.3 is 0 Å². The standard InChI is InChI=1S/C10H20/c1-6-10(7-2)9(5)8(3)4/h6,8-10H,1,7H2,2-5H3. The van der Waals surface area contributed by atoms with Crippen molar-refractivity contribution >= 4 is 0 Å². The molecule has 0 fully saturated rings. The first-order valence-electron chi connectivity index (χ1n) is 4.26. The highest BCUT2D eigenvalue weighted by Crippen LogP contribution is 2.23. The molecule has 0 amide bonds. The minimum atomic E-state index is 0.708. The van der Waals surface area contributed by atoms with E-state index < -0.39 is 0 Å². The predicted molar refractivity (Wildman–Crippen MR) is 48.0 cm³/mol. The van der Waals surface area contributed by atoms with Crippen molar-refractivity contribution in [3.63, 3.8) is 0 Å².